The zero-order chi connectivity index (χ0) is 16.1. The summed E-state index contributed by atoms with van der Waals surface area (Å²) in [5, 5.41) is 6.78. The van der Waals surface area contributed by atoms with Gasteiger partial charge >= 0.3 is 6.03 Å². The van der Waals surface area contributed by atoms with E-state index in [-0.39, 0.29) is 6.03 Å². The van der Waals surface area contributed by atoms with Crippen LogP contribution in [0.2, 0.25) is 0 Å². The molecule has 2 aromatic rings. The van der Waals surface area contributed by atoms with Gasteiger partial charge in [0, 0.05) is 10.2 Å². The molecular weight excluding hydrogens is 342 g/mol. The first-order valence-electron chi connectivity index (χ1n) is 6.90. The summed E-state index contributed by atoms with van der Waals surface area (Å²) in [4.78, 5) is 11.9. The summed E-state index contributed by atoms with van der Waals surface area (Å²) >= 11 is 3.45. The maximum absolute atomic E-state index is 11.9. The molecule has 0 atom stereocenters. The molecule has 4 nitrogen and oxygen atoms in total. The number of nitrogens with one attached hydrogen (secondary N) is 2. The lowest BCUT2D eigenvalue weighted by molar-refractivity contribution is 0.252. The van der Waals surface area contributed by atoms with Crippen molar-refractivity contribution in [2.24, 2.45) is 5.10 Å². The summed E-state index contributed by atoms with van der Waals surface area (Å²) in [6.07, 6.45) is 1.61. The van der Waals surface area contributed by atoms with E-state index in [9.17, 15) is 4.79 Å². The number of amides is 2. The van der Waals surface area contributed by atoms with Gasteiger partial charge in [0.05, 0.1) is 6.21 Å². The number of urea groups is 1. The average molecular weight is 360 g/mol. The van der Waals surface area contributed by atoms with Gasteiger partial charge in [0.25, 0.3) is 0 Å². The Bertz CT molecular complexity index is 706. The highest BCUT2D eigenvalue weighted by atomic mass is 79.9. The molecule has 0 saturated carbocycles. The van der Waals surface area contributed by atoms with Crippen LogP contribution in [0.25, 0.3) is 0 Å². The highest BCUT2D eigenvalue weighted by Crippen LogP contribution is 2.19. The molecule has 0 spiro atoms. The Labute approximate surface area is 138 Å². The maximum atomic E-state index is 11.9. The SMILES string of the molecule is Cc1cc(/C=N/NC(=O)Nc2c(C)cccc2C)ccc1Br. The molecule has 2 rings (SSSR count). The van der Waals surface area contributed by atoms with Crippen LogP contribution < -0.4 is 10.7 Å². The van der Waals surface area contributed by atoms with Crippen LogP contribution in [0.4, 0.5) is 10.5 Å². The van der Waals surface area contributed by atoms with Crippen LogP contribution in [-0.4, -0.2) is 12.2 Å². The first-order chi connectivity index (χ1) is 10.5. The number of hydrazone groups is 1. The van der Waals surface area contributed by atoms with Crippen LogP contribution in [-0.2, 0) is 0 Å². The number of rotatable bonds is 3. The minimum absolute atomic E-state index is 0.359. The smallest absolute Gasteiger partial charge is 0.306 e. The fourth-order valence-electron chi connectivity index (χ4n) is 2.07. The number of hydrogen-bond acceptors (Lipinski definition) is 2. The molecule has 2 N–H and O–H groups in total. The predicted octanol–water partition coefficient (Wildman–Crippen LogP) is 4.53. The lowest BCUT2D eigenvalue weighted by Gasteiger charge is -2.10. The number of nitrogens with zero attached hydrogens (tertiary/aromatic N) is 1. The first kappa shape index (κ1) is 16.2. The number of hydrogen-bond donors (Lipinski definition) is 2. The third-order valence-electron chi connectivity index (χ3n) is 3.28. The van der Waals surface area contributed by atoms with E-state index in [1.165, 1.54) is 0 Å². The van der Waals surface area contributed by atoms with Crippen LogP contribution in [0.15, 0.2) is 46.0 Å². The predicted molar refractivity (Wildman–Crippen MR) is 94.5 cm³/mol. The summed E-state index contributed by atoms with van der Waals surface area (Å²) in [5.74, 6) is 0. The molecule has 2 amide bonds. The molecule has 0 heterocycles. The van der Waals surface area contributed by atoms with Gasteiger partial charge in [0.1, 0.15) is 0 Å². The van der Waals surface area contributed by atoms with Crippen molar-refractivity contribution in [3.63, 3.8) is 0 Å². The molecule has 114 valence electrons. The molecule has 0 aliphatic heterocycles. The van der Waals surface area contributed by atoms with Crippen LogP contribution >= 0.6 is 15.9 Å². The highest BCUT2D eigenvalue weighted by Gasteiger charge is 2.05. The van der Waals surface area contributed by atoms with Gasteiger partial charge in [-0.1, -0.05) is 40.2 Å². The van der Waals surface area contributed by atoms with E-state index in [0.29, 0.717) is 0 Å². The largest absolute Gasteiger partial charge is 0.339 e. The van der Waals surface area contributed by atoms with E-state index in [0.717, 1.165) is 32.4 Å². The first-order valence-corrected chi connectivity index (χ1v) is 7.69. The van der Waals surface area contributed by atoms with Gasteiger partial charge in [-0.2, -0.15) is 5.10 Å². The average Bonchev–Trinajstić information content (AvgIpc) is 2.47. The van der Waals surface area contributed by atoms with E-state index in [2.05, 4.69) is 31.8 Å². The molecule has 0 aromatic heterocycles. The summed E-state index contributed by atoms with van der Waals surface area (Å²) < 4.78 is 1.05. The Kier molecular flexibility index (Phi) is 5.33. The normalized spacial score (nSPS) is 10.7. The molecule has 0 saturated heterocycles. The quantitative estimate of drug-likeness (QED) is 0.613. The molecule has 0 bridgehead atoms. The van der Waals surface area contributed by atoms with E-state index in [1.54, 1.807) is 6.21 Å². The zero-order valence-corrected chi connectivity index (χ0v) is 14.4. The van der Waals surface area contributed by atoms with E-state index < -0.39 is 0 Å². The van der Waals surface area contributed by atoms with Crippen molar-refractivity contribution in [3.8, 4) is 0 Å². The molecule has 0 aliphatic rings. The van der Waals surface area contributed by atoms with Gasteiger partial charge in [-0.25, -0.2) is 10.2 Å². The summed E-state index contributed by atoms with van der Waals surface area (Å²) in [5.41, 5.74) is 7.36. The summed E-state index contributed by atoms with van der Waals surface area (Å²) in [6, 6.07) is 11.4. The molecule has 0 radical (unpaired) electrons. The van der Waals surface area contributed by atoms with Crippen molar-refractivity contribution in [1.29, 1.82) is 0 Å². The summed E-state index contributed by atoms with van der Waals surface area (Å²) in [6.45, 7) is 5.91. The van der Waals surface area contributed by atoms with Crippen molar-refractivity contribution in [2.75, 3.05) is 5.32 Å². The highest BCUT2D eigenvalue weighted by molar-refractivity contribution is 9.10. The third-order valence-corrected chi connectivity index (χ3v) is 4.17. The third kappa shape index (κ3) is 4.18. The Morgan fingerprint density at radius 3 is 2.41 bits per heavy atom. The number of carbonyl (C=O) groups excluding carboxylic acids is 1. The number of benzene rings is 2. The van der Waals surface area contributed by atoms with Crippen LogP contribution in [0.5, 0.6) is 0 Å². The van der Waals surface area contributed by atoms with Crippen molar-refractivity contribution in [3.05, 3.63) is 63.1 Å². The van der Waals surface area contributed by atoms with Gasteiger partial charge in [-0.3, -0.25) is 0 Å². The number of carbonyl (C=O) groups is 1. The number of aryl methyl sites for hydroxylation is 3. The Morgan fingerprint density at radius 1 is 1.09 bits per heavy atom. The second-order valence-corrected chi connectivity index (χ2v) is 5.95. The number of halogens is 1. The Hall–Kier alpha value is -2.14. The van der Waals surface area contributed by atoms with Crippen LogP contribution in [0.1, 0.15) is 22.3 Å². The molecule has 22 heavy (non-hydrogen) atoms. The van der Waals surface area contributed by atoms with E-state index in [4.69, 9.17) is 0 Å². The molecule has 5 heteroatoms. The molecule has 0 aliphatic carbocycles. The Morgan fingerprint density at radius 2 is 1.77 bits per heavy atom. The molecule has 0 unspecified atom stereocenters. The van der Waals surface area contributed by atoms with Crippen molar-refractivity contribution in [1.82, 2.24) is 5.43 Å². The molecule has 0 fully saturated rings. The minimum Gasteiger partial charge on any atom is -0.306 e. The van der Waals surface area contributed by atoms with Gasteiger partial charge < -0.3 is 5.32 Å². The second kappa shape index (κ2) is 7.22. The van der Waals surface area contributed by atoms with Gasteiger partial charge in [0.2, 0.25) is 0 Å². The van der Waals surface area contributed by atoms with Gasteiger partial charge in [-0.05, 0) is 55.2 Å². The standard InChI is InChI=1S/C17H18BrN3O/c1-11-5-4-6-12(2)16(11)20-17(22)21-19-10-14-7-8-15(18)13(3)9-14/h4-10H,1-3H3,(H2,20,21,22)/b19-10+. The fraction of sp³-hybridized carbons (Fsp3) is 0.176. The number of anilines is 1. The van der Waals surface area contributed by atoms with Crippen molar-refractivity contribution < 1.29 is 4.79 Å². The zero-order valence-electron chi connectivity index (χ0n) is 12.8. The fourth-order valence-corrected chi connectivity index (χ4v) is 2.31. The number of para-hydroxylation sites is 1. The molecular formula is C17H18BrN3O. The topological polar surface area (TPSA) is 53.5 Å². The lowest BCUT2D eigenvalue weighted by atomic mass is 10.1. The van der Waals surface area contributed by atoms with E-state index in [1.807, 2.05) is 57.2 Å². The van der Waals surface area contributed by atoms with Crippen molar-refractivity contribution in [2.45, 2.75) is 20.8 Å². The van der Waals surface area contributed by atoms with Gasteiger partial charge in [0.15, 0.2) is 0 Å². The lowest BCUT2D eigenvalue weighted by Crippen LogP contribution is -2.25. The molecule has 2 aromatic carbocycles. The monoisotopic (exact) mass is 359 g/mol. The summed E-state index contributed by atoms with van der Waals surface area (Å²) in [7, 11) is 0. The Balaban J connectivity index is 1.98. The minimum atomic E-state index is -0.359. The van der Waals surface area contributed by atoms with Gasteiger partial charge in [-0.15, -0.1) is 0 Å². The maximum Gasteiger partial charge on any atom is 0.339 e. The van der Waals surface area contributed by atoms with Crippen LogP contribution in [0, 0.1) is 20.8 Å². The van der Waals surface area contributed by atoms with E-state index >= 15 is 0 Å². The van der Waals surface area contributed by atoms with Crippen LogP contribution in [0.3, 0.4) is 0 Å². The van der Waals surface area contributed by atoms with Crippen molar-refractivity contribution >= 4 is 33.9 Å². The second-order valence-electron chi connectivity index (χ2n) is 5.10.